The number of pyridine rings is 1. The van der Waals surface area contributed by atoms with E-state index in [0.717, 1.165) is 6.26 Å². The Morgan fingerprint density at radius 2 is 1.86 bits per heavy atom. The molecule has 0 aliphatic heterocycles. The van der Waals surface area contributed by atoms with Gasteiger partial charge in [-0.2, -0.15) is 9.97 Å². The Morgan fingerprint density at radius 3 is 2.48 bits per heavy atom. The average molecular weight is 454 g/mol. The maximum Gasteiger partial charge on any atom is 0.322 e. The summed E-state index contributed by atoms with van der Waals surface area (Å²) in [6.07, 6.45) is 2.71. The summed E-state index contributed by atoms with van der Waals surface area (Å²) in [4.78, 5) is 20.2. The molecule has 0 bridgehead atoms. The van der Waals surface area contributed by atoms with Crippen molar-refractivity contribution >= 4 is 33.0 Å². The Morgan fingerprint density at radius 1 is 1.14 bits per heavy atom. The van der Waals surface area contributed by atoms with Gasteiger partial charge in [-0.05, 0) is 36.8 Å². The van der Waals surface area contributed by atoms with Crippen molar-refractivity contribution in [2.45, 2.75) is 12.7 Å². The number of nitrogens with zero attached hydrogens (tertiary/aromatic N) is 3. The van der Waals surface area contributed by atoms with Crippen LogP contribution < -0.4 is 10.3 Å². The highest BCUT2D eigenvalue weighted by atomic mass is 35.5. The lowest BCUT2D eigenvalue weighted by atomic mass is 10.2. The fourth-order valence-corrected chi connectivity index (χ4v) is 3.98. The van der Waals surface area contributed by atoms with Crippen LogP contribution in [0.2, 0.25) is 10.0 Å². The minimum absolute atomic E-state index is 0.0673. The fraction of sp³-hybridized carbons (Fsp3) is 0.211. The highest BCUT2D eigenvalue weighted by molar-refractivity contribution is 7.89. The Labute approximate surface area is 177 Å². The number of hydrogen-bond acceptors (Lipinski definition) is 6. The Balaban J connectivity index is 2.12. The largest absolute Gasteiger partial charge is 0.422 e. The third-order valence-corrected chi connectivity index (χ3v) is 5.26. The van der Waals surface area contributed by atoms with Gasteiger partial charge < -0.3 is 9.30 Å². The number of rotatable bonds is 5. The van der Waals surface area contributed by atoms with Crippen molar-refractivity contribution in [3.05, 3.63) is 68.2 Å². The van der Waals surface area contributed by atoms with Crippen LogP contribution in [0.15, 0.2) is 41.3 Å². The molecule has 0 atom stereocenters. The second kappa shape index (κ2) is 8.14. The van der Waals surface area contributed by atoms with Gasteiger partial charge in [0.2, 0.25) is 5.56 Å². The third-order valence-electron chi connectivity index (χ3n) is 3.94. The maximum absolute atomic E-state index is 11.8. The van der Waals surface area contributed by atoms with Crippen LogP contribution in [0.4, 0.5) is 0 Å². The molecule has 0 unspecified atom stereocenters. The summed E-state index contributed by atoms with van der Waals surface area (Å²) >= 11 is 12.2. The molecule has 3 aromatic rings. The average Bonchev–Trinajstić information content (AvgIpc) is 2.59. The molecule has 0 amide bonds. The first kappa shape index (κ1) is 21.3. The summed E-state index contributed by atoms with van der Waals surface area (Å²) in [5, 5.41) is 0.730. The number of sulfone groups is 1. The molecular weight excluding hydrogens is 437 g/mol. The van der Waals surface area contributed by atoms with E-state index in [1.54, 1.807) is 38.4 Å². The number of hydrogen-bond donors (Lipinski definition) is 0. The molecule has 0 aliphatic carbocycles. The van der Waals surface area contributed by atoms with E-state index in [9.17, 15) is 13.2 Å². The van der Waals surface area contributed by atoms with Crippen LogP contribution in [-0.2, 0) is 22.6 Å². The van der Waals surface area contributed by atoms with Crippen molar-refractivity contribution in [1.29, 1.82) is 0 Å². The van der Waals surface area contributed by atoms with Crippen LogP contribution in [0.5, 0.6) is 11.8 Å². The molecule has 0 fully saturated rings. The first-order valence-electron chi connectivity index (χ1n) is 8.38. The van der Waals surface area contributed by atoms with Crippen LogP contribution in [0.1, 0.15) is 11.3 Å². The standard InChI is InChI=1S/C19H17Cl2N3O4S/c1-11-6-13(20)7-15(21)18(11)28-19-22-14(10-29(3,26)27)8-16(23-19)12-4-5-17(25)24(2)9-12/h4-9H,10H2,1-3H3. The Hall–Kier alpha value is -2.42. The Bertz CT molecular complexity index is 1230. The molecule has 3 rings (SSSR count). The smallest absolute Gasteiger partial charge is 0.322 e. The van der Waals surface area contributed by atoms with Crippen molar-refractivity contribution < 1.29 is 13.2 Å². The molecule has 29 heavy (non-hydrogen) atoms. The molecule has 7 nitrogen and oxygen atoms in total. The molecule has 1 aromatic carbocycles. The van der Waals surface area contributed by atoms with Crippen molar-refractivity contribution in [2.75, 3.05) is 6.26 Å². The van der Waals surface area contributed by atoms with Crippen LogP contribution in [0.3, 0.4) is 0 Å². The molecular formula is C19H17Cl2N3O4S. The zero-order valence-corrected chi connectivity index (χ0v) is 18.1. The molecule has 0 saturated carbocycles. The van der Waals surface area contributed by atoms with Gasteiger partial charge in [-0.3, -0.25) is 4.79 Å². The quantitative estimate of drug-likeness (QED) is 0.583. The van der Waals surface area contributed by atoms with Gasteiger partial charge >= 0.3 is 6.01 Å². The van der Waals surface area contributed by atoms with Crippen molar-refractivity contribution in [1.82, 2.24) is 14.5 Å². The maximum atomic E-state index is 11.8. The number of ether oxygens (including phenoxy) is 1. The van der Waals surface area contributed by atoms with E-state index < -0.39 is 9.84 Å². The van der Waals surface area contributed by atoms with Crippen LogP contribution >= 0.6 is 23.2 Å². The van der Waals surface area contributed by atoms with E-state index in [1.807, 2.05) is 0 Å². The molecule has 2 aromatic heterocycles. The number of benzene rings is 1. The summed E-state index contributed by atoms with van der Waals surface area (Å²) in [6, 6.07) is 7.68. The number of aryl methyl sites for hydroxylation is 2. The molecule has 0 radical (unpaired) electrons. The van der Waals surface area contributed by atoms with Gasteiger partial charge in [-0.1, -0.05) is 23.2 Å². The lowest BCUT2D eigenvalue weighted by Crippen LogP contribution is -2.14. The van der Waals surface area contributed by atoms with E-state index >= 15 is 0 Å². The molecule has 0 N–H and O–H groups in total. The van der Waals surface area contributed by atoms with Gasteiger partial charge in [0.25, 0.3) is 0 Å². The minimum Gasteiger partial charge on any atom is -0.422 e. The van der Waals surface area contributed by atoms with Gasteiger partial charge in [-0.15, -0.1) is 0 Å². The minimum atomic E-state index is -3.35. The van der Waals surface area contributed by atoms with E-state index in [4.69, 9.17) is 27.9 Å². The predicted octanol–water partition coefficient (Wildman–Crippen LogP) is 3.79. The van der Waals surface area contributed by atoms with Gasteiger partial charge in [0, 0.05) is 36.2 Å². The Kier molecular flexibility index (Phi) is 5.97. The number of aromatic nitrogens is 3. The van der Waals surface area contributed by atoms with Crippen LogP contribution in [-0.4, -0.2) is 29.2 Å². The van der Waals surface area contributed by atoms with E-state index in [0.29, 0.717) is 27.6 Å². The van der Waals surface area contributed by atoms with Crippen molar-refractivity contribution in [3.8, 4) is 23.0 Å². The van der Waals surface area contributed by atoms with Gasteiger partial charge in [0.05, 0.1) is 22.2 Å². The SMILES string of the molecule is Cc1cc(Cl)cc(Cl)c1Oc1nc(CS(C)(=O)=O)cc(-c2ccc(=O)n(C)c2)n1. The van der Waals surface area contributed by atoms with Crippen molar-refractivity contribution in [3.63, 3.8) is 0 Å². The molecule has 0 spiro atoms. The summed E-state index contributed by atoms with van der Waals surface area (Å²) in [5.41, 5.74) is 1.76. The molecule has 152 valence electrons. The van der Waals surface area contributed by atoms with E-state index in [1.165, 1.54) is 16.7 Å². The third kappa shape index (κ3) is 5.35. The number of halogens is 2. The predicted molar refractivity (Wildman–Crippen MR) is 113 cm³/mol. The first-order valence-corrected chi connectivity index (χ1v) is 11.2. The zero-order chi connectivity index (χ0) is 21.3. The second-order valence-corrected chi connectivity index (χ2v) is 9.58. The van der Waals surface area contributed by atoms with Crippen molar-refractivity contribution in [2.24, 2.45) is 7.05 Å². The van der Waals surface area contributed by atoms with Gasteiger partial charge in [-0.25, -0.2) is 8.42 Å². The fourth-order valence-electron chi connectivity index (χ4n) is 2.66. The molecule has 0 saturated heterocycles. The van der Waals surface area contributed by atoms with E-state index in [-0.39, 0.29) is 28.0 Å². The monoisotopic (exact) mass is 453 g/mol. The lowest BCUT2D eigenvalue weighted by Gasteiger charge is -2.12. The van der Waals surface area contributed by atoms with Gasteiger partial charge in [0.1, 0.15) is 0 Å². The summed E-state index contributed by atoms with van der Waals surface area (Å²) in [6.45, 7) is 1.77. The van der Waals surface area contributed by atoms with Crippen LogP contribution in [0.25, 0.3) is 11.3 Å². The zero-order valence-electron chi connectivity index (χ0n) is 15.8. The second-order valence-electron chi connectivity index (χ2n) is 6.60. The van der Waals surface area contributed by atoms with Gasteiger partial charge in [0.15, 0.2) is 15.6 Å². The molecule has 0 aliphatic rings. The van der Waals surface area contributed by atoms with Crippen LogP contribution in [0, 0.1) is 6.92 Å². The lowest BCUT2D eigenvalue weighted by molar-refractivity contribution is 0.438. The summed E-state index contributed by atoms with van der Waals surface area (Å²) < 4.78 is 30.7. The highest BCUT2D eigenvalue weighted by Gasteiger charge is 2.16. The first-order chi connectivity index (χ1) is 13.5. The summed E-state index contributed by atoms with van der Waals surface area (Å²) in [5.74, 6) is 0.0248. The topological polar surface area (TPSA) is 91.1 Å². The molecule has 10 heteroatoms. The normalized spacial score (nSPS) is 11.5. The molecule has 2 heterocycles. The highest BCUT2D eigenvalue weighted by Crippen LogP contribution is 2.34. The summed E-state index contributed by atoms with van der Waals surface area (Å²) in [7, 11) is -1.74. The van der Waals surface area contributed by atoms with E-state index in [2.05, 4.69) is 9.97 Å².